The van der Waals surface area contributed by atoms with Crippen LogP contribution in [-0.2, 0) is 16.1 Å². The van der Waals surface area contributed by atoms with Gasteiger partial charge in [-0.05, 0) is 50.4 Å². The van der Waals surface area contributed by atoms with Crippen LogP contribution >= 0.6 is 22.9 Å². The Bertz CT molecular complexity index is 898. The number of carbonyl (C=O) groups is 1. The molecule has 8 heteroatoms. The summed E-state index contributed by atoms with van der Waals surface area (Å²) in [5, 5.41) is 0.670. The maximum atomic E-state index is 13.2. The second-order valence-corrected chi connectivity index (χ2v) is 10.7. The van der Waals surface area contributed by atoms with Crippen molar-refractivity contribution in [3.63, 3.8) is 0 Å². The fourth-order valence-electron chi connectivity index (χ4n) is 4.28. The first-order valence-electron chi connectivity index (χ1n) is 11.2. The van der Waals surface area contributed by atoms with Crippen LogP contribution < -0.4 is 4.74 Å². The molecule has 2 fully saturated rings. The topological polar surface area (TPSA) is 45.3 Å². The van der Waals surface area contributed by atoms with Crippen molar-refractivity contribution in [2.75, 3.05) is 59.5 Å². The number of likely N-dealkylation sites (N-methyl/N-ethyl adjacent to an activating group) is 1. The molecule has 4 rings (SSSR count). The molecule has 1 amide bonds. The quantitative estimate of drug-likeness (QED) is 0.610. The highest BCUT2D eigenvalue weighted by Gasteiger charge is 2.41. The van der Waals surface area contributed by atoms with Gasteiger partial charge in [-0.2, -0.15) is 0 Å². The highest BCUT2D eigenvalue weighted by atomic mass is 35.5. The molecule has 1 aromatic heterocycles. The summed E-state index contributed by atoms with van der Waals surface area (Å²) < 4.78 is 12.4. The lowest BCUT2D eigenvalue weighted by molar-refractivity contribution is -0.157. The zero-order valence-electron chi connectivity index (χ0n) is 18.9. The molecule has 0 spiro atoms. The molecule has 2 saturated heterocycles. The molecule has 0 bridgehead atoms. The zero-order chi connectivity index (χ0) is 22.6. The van der Waals surface area contributed by atoms with Gasteiger partial charge in [-0.1, -0.05) is 11.6 Å². The Morgan fingerprint density at radius 2 is 1.88 bits per heavy atom. The third-order valence-electron chi connectivity index (χ3n) is 6.15. The van der Waals surface area contributed by atoms with E-state index in [2.05, 4.69) is 35.9 Å². The second-order valence-electron chi connectivity index (χ2n) is 8.86. The lowest BCUT2D eigenvalue weighted by Crippen LogP contribution is -2.58. The Morgan fingerprint density at radius 3 is 2.56 bits per heavy atom. The van der Waals surface area contributed by atoms with Crippen molar-refractivity contribution >= 4 is 28.8 Å². The average Bonchev–Trinajstić information content (AvgIpc) is 3.18. The number of morpholine rings is 1. The highest BCUT2D eigenvalue weighted by Crippen LogP contribution is 2.28. The van der Waals surface area contributed by atoms with Gasteiger partial charge in [0.25, 0.3) is 0 Å². The molecule has 2 aliphatic rings. The monoisotopic (exact) mass is 477 g/mol. The van der Waals surface area contributed by atoms with E-state index in [4.69, 9.17) is 21.1 Å². The van der Waals surface area contributed by atoms with Gasteiger partial charge in [-0.15, -0.1) is 11.3 Å². The molecule has 6 nitrogen and oxygen atoms in total. The maximum absolute atomic E-state index is 13.2. The van der Waals surface area contributed by atoms with Gasteiger partial charge in [0.1, 0.15) is 18.0 Å². The number of benzene rings is 1. The number of aryl methyl sites for hydroxylation is 1. The van der Waals surface area contributed by atoms with E-state index in [1.54, 1.807) is 0 Å². The Labute approximate surface area is 199 Å². The van der Waals surface area contributed by atoms with E-state index in [1.807, 2.05) is 40.5 Å². The average molecular weight is 478 g/mol. The summed E-state index contributed by atoms with van der Waals surface area (Å²) in [6, 6.07) is 11.7. The number of nitrogens with zero attached hydrogens (tertiary/aromatic N) is 3. The summed E-state index contributed by atoms with van der Waals surface area (Å²) in [5.74, 6) is 0.877. The Morgan fingerprint density at radius 1 is 1.12 bits per heavy atom. The smallest absolute Gasteiger partial charge is 0.225 e. The van der Waals surface area contributed by atoms with Gasteiger partial charge < -0.3 is 19.3 Å². The van der Waals surface area contributed by atoms with E-state index >= 15 is 0 Å². The molecule has 32 heavy (non-hydrogen) atoms. The van der Waals surface area contributed by atoms with Crippen molar-refractivity contribution in [3.8, 4) is 5.75 Å². The molecule has 0 saturated carbocycles. The second kappa shape index (κ2) is 10.5. The van der Waals surface area contributed by atoms with Crippen molar-refractivity contribution in [2.24, 2.45) is 0 Å². The number of halogens is 1. The van der Waals surface area contributed by atoms with Gasteiger partial charge in [0.05, 0.1) is 13.0 Å². The van der Waals surface area contributed by atoms with Crippen LogP contribution in [0.5, 0.6) is 5.75 Å². The molecule has 2 aliphatic heterocycles. The van der Waals surface area contributed by atoms with Gasteiger partial charge in [0, 0.05) is 60.6 Å². The highest BCUT2D eigenvalue weighted by molar-refractivity contribution is 7.11. The van der Waals surface area contributed by atoms with Crippen LogP contribution in [0.4, 0.5) is 0 Å². The first-order valence-corrected chi connectivity index (χ1v) is 12.4. The molecule has 1 atom stereocenters. The normalized spacial score (nSPS) is 22.8. The number of rotatable bonds is 7. The molecule has 0 aliphatic carbocycles. The summed E-state index contributed by atoms with van der Waals surface area (Å²) >= 11 is 7.84. The first-order chi connectivity index (χ1) is 15.4. The van der Waals surface area contributed by atoms with Crippen molar-refractivity contribution in [1.29, 1.82) is 0 Å². The van der Waals surface area contributed by atoms with Crippen molar-refractivity contribution < 1.29 is 14.3 Å². The van der Waals surface area contributed by atoms with Gasteiger partial charge in [0.15, 0.2) is 0 Å². The van der Waals surface area contributed by atoms with E-state index < -0.39 is 5.60 Å². The van der Waals surface area contributed by atoms with E-state index in [-0.39, 0.29) is 5.91 Å². The summed E-state index contributed by atoms with van der Waals surface area (Å²) in [7, 11) is 2.09. The van der Waals surface area contributed by atoms with E-state index in [9.17, 15) is 4.79 Å². The number of hydrogen-bond donors (Lipinski definition) is 0. The largest absolute Gasteiger partial charge is 0.491 e. The van der Waals surface area contributed by atoms with Crippen molar-refractivity contribution in [2.45, 2.75) is 25.5 Å². The van der Waals surface area contributed by atoms with Gasteiger partial charge in [-0.3, -0.25) is 9.69 Å². The SMILES string of the molecule is Cc1ccc(CN2CCO[C@](COc3ccc(Cl)cc3)(CC(=O)N3CCN(C)CC3)C2)s1. The fraction of sp³-hybridized carbons (Fsp3) is 0.542. The zero-order valence-corrected chi connectivity index (χ0v) is 20.5. The van der Waals surface area contributed by atoms with Gasteiger partial charge in [-0.25, -0.2) is 0 Å². The third-order valence-corrected chi connectivity index (χ3v) is 7.39. The number of hydrogen-bond acceptors (Lipinski definition) is 6. The van der Waals surface area contributed by atoms with Crippen LogP contribution in [0, 0.1) is 6.92 Å². The predicted molar refractivity (Wildman–Crippen MR) is 129 cm³/mol. The van der Waals surface area contributed by atoms with Crippen LogP contribution in [0.25, 0.3) is 0 Å². The Balaban J connectivity index is 1.47. The Hall–Kier alpha value is -1.64. The van der Waals surface area contributed by atoms with E-state index in [1.165, 1.54) is 9.75 Å². The molecular formula is C24H32ClN3O3S. The van der Waals surface area contributed by atoms with Crippen LogP contribution in [0.15, 0.2) is 36.4 Å². The van der Waals surface area contributed by atoms with Crippen LogP contribution in [0.3, 0.4) is 0 Å². The maximum Gasteiger partial charge on any atom is 0.225 e. The predicted octanol–water partition coefficient (Wildman–Crippen LogP) is 3.52. The third kappa shape index (κ3) is 6.23. The van der Waals surface area contributed by atoms with Gasteiger partial charge in [0.2, 0.25) is 5.91 Å². The lowest BCUT2D eigenvalue weighted by Gasteiger charge is -2.43. The Kier molecular flexibility index (Phi) is 7.74. The minimum absolute atomic E-state index is 0.145. The number of piperazine rings is 1. The molecule has 174 valence electrons. The molecule has 2 aromatic rings. The standard InChI is InChI=1S/C24H32ClN3O3S/c1-19-3-8-22(32-19)16-27-13-14-31-24(17-27,18-30-21-6-4-20(25)5-7-21)15-23(29)28-11-9-26(2)10-12-28/h3-8H,9-18H2,1-2H3/t24-/m1/s1. The first kappa shape index (κ1) is 23.5. The fourth-order valence-corrected chi connectivity index (χ4v) is 5.34. The molecule has 0 N–H and O–H groups in total. The summed E-state index contributed by atoms with van der Waals surface area (Å²) in [4.78, 5) is 22.5. The summed E-state index contributed by atoms with van der Waals surface area (Å²) in [6.07, 6.45) is 0.324. The minimum atomic E-state index is -0.676. The van der Waals surface area contributed by atoms with Crippen LogP contribution in [0.2, 0.25) is 5.02 Å². The minimum Gasteiger partial charge on any atom is -0.491 e. The number of carbonyl (C=O) groups excluding carboxylic acids is 1. The molecule has 0 unspecified atom stereocenters. The van der Waals surface area contributed by atoms with E-state index in [0.717, 1.165) is 45.0 Å². The molecule has 0 radical (unpaired) electrons. The number of amides is 1. The van der Waals surface area contributed by atoms with Crippen molar-refractivity contribution in [1.82, 2.24) is 14.7 Å². The van der Waals surface area contributed by atoms with E-state index in [0.29, 0.717) is 31.2 Å². The molecule has 1 aromatic carbocycles. The van der Waals surface area contributed by atoms with Gasteiger partial charge >= 0.3 is 0 Å². The van der Waals surface area contributed by atoms with Crippen molar-refractivity contribution in [3.05, 3.63) is 51.2 Å². The molecular weight excluding hydrogens is 446 g/mol. The summed E-state index contributed by atoms with van der Waals surface area (Å²) in [6.45, 7) is 8.77. The van der Waals surface area contributed by atoms with Crippen LogP contribution in [-0.4, -0.2) is 85.7 Å². The lowest BCUT2D eigenvalue weighted by atomic mass is 9.96. The number of ether oxygens (including phenoxy) is 2. The molecule has 3 heterocycles. The summed E-state index contributed by atoms with van der Waals surface area (Å²) in [5.41, 5.74) is -0.676. The van der Waals surface area contributed by atoms with Crippen LogP contribution in [0.1, 0.15) is 16.2 Å². The number of thiophene rings is 1.